The zero-order valence-corrected chi connectivity index (χ0v) is 17.2. The number of benzene rings is 3. The molecule has 6 nitrogen and oxygen atoms in total. The summed E-state index contributed by atoms with van der Waals surface area (Å²) in [6, 6.07) is 18.6. The number of carbonyl (C=O) groups excluding carboxylic acids is 1. The molecular weight excluding hydrogens is 386 g/mol. The summed E-state index contributed by atoms with van der Waals surface area (Å²) in [4.78, 5) is 12.6. The van der Waals surface area contributed by atoms with Crippen LogP contribution in [0.3, 0.4) is 0 Å². The van der Waals surface area contributed by atoms with E-state index in [9.17, 15) is 13.2 Å². The minimum absolute atomic E-state index is 0.193. The second-order valence-corrected chi connectivity index (χ2v) is 9.15. The molecule has 0 atom stereocenters. The quantitative estimate of drug-likeness (QED) is 0.676. The van der Waals surface area contributed by atoms with Gasteiger partial charge in [-0.05, 0) is 48.9 Å². The number of rotatable bonds is 3. The number of fused-ring (bicyclic) bond motifs is 2. The first kappa shape index (κ1) is 19.0. The second kappa shape index (κ2) is 6.93. The summed E-state index contributed by atoms with van der Waals surface area (Å²) in [5.41, 5.74) is 5.89. The van der Waals surface area contributed by atoms with E-state index in [0.29, 0.717) is 22.6 Å². The number of aryl methyl sites for hydroxylation is 1. The Balaban J connectivity index is 1.87. The van der Waals surface area contributed by atoms with Gasteiger partial charge in [0.05, 0.1) is 34.6 Å². The summed E-state index contributed by atoms with van der Waals surface area (Å²) in [7, 11) is -1.88. The molecule has 0 aliphatic carbocycles. The van der Waals surface area contributed by atoms with Crippen molar-refractivity contribution in [2.24, 2.45) is 0 Å². The highest BCUT2D eigenvalue weighted by molar-refractivity contribution is 7.92. The van der Waals surface area contributed by atoms with Crippen molar-refractivity contribution in [1.29, 1.82) is 0 Å². The Morgan fingerprint density at radius 1 is 0.828 bits per heavy atom. The first-order valence-corrected chi connectivity index (χ1v) is 11.0. The molecule has 1 heterocycles. The average molecular weight is 407 g/mol. The van der Waals surface area contributed by atoms with Gasteiger partial charge in [-0.1, -0.05) is 29.8 Å². The second-order valence-electron chi connectivity index (χ2n) is 7.14. The predicted molar refractivity (Wildman–Crippen MR) is 118 cm³/mol. The average Bonchev–Trinajstić information content (AvgIpc) is 2.81. The molecule has 0 saturated carbocycles. The number of hydrogen-bond acceptors (Lipinski definition) is 4. The number of para-hydroxylation sites is 2. The van der Waals surface area contributed by atoms with Gasteiger partial charge < -0.3 is 10.6 Å². The summed E-state index contributed by atoms with van der Waals surface area (Å²) in [6.07, 6.45) is 1.18. The van der Waals surface area contributed by atoms with Crippen LogP contribution in [-0.2, 0) is 10.0 Å². The maximum Gasteiger partial charge on any atom is 0.257 e. The third-order valence-electron chi connectivity index (χ3n) is 5.01. The molecule has 0 unspecified atom stereocenters. The molecule has 0 aromatic heterocycles. The van der Waals surface area contributed by atoms with Crippen molar-refractivity contribution in [2.75, 3.05) is 28.2 Å². The van der Waals surface area contributed by atoms with Gasteiger partial charge in [0.15, 0.2) is 0 Å². The van der Waals surface area contributed by atoms with Gasteiger partial charge >= 0.3 is 0 Å². The lowest BCUT2D eigenvalue weighted by Gasteiger charge is -2.21. The van der Waals surface area contributed by atoms with E-state index in [0.717, 1.165) is 22.4 Å². The van der Waals surface area contributed by atoms with Crippen LogP contribution in [0.4, 0.5) is 22.7 Å². The van der Waals surface area contributed by atoms with Gasteiger partial charge in [-0.15, -0.1) is 0 Å². The van der Waals surface area contributed by atoms with Crippen molar-refractivity contribution in [2.45, 2.75) is 6.92 Å². The van der Waals surface area contributed by atoms with Crippen LogP contribution in [0, 0.1) is 6.92 Å². The van der Waals surface area contributed by atoms with Crippen LogP contribution in [0.25, 0.3) is 11.1 Å². The predicted octanol–water partition coefficient (Wildman–Crippen LogP) is 4.37. The maximum atomic E-state index is 12.6. The molecule has 0 bridgehead atoms. The number of hydrogen-bond donors (Lipinski definition) is 2. The Morgan fingerprint density at radius 3 is 2.21 bits per heavy atom. The van der Waals surface area contributed by atoms with E-state index in [-0.39, 0.29) is 5.91 Å². The van der Waals surface area contributed by atoms with Crippen LogP contribution in [0.15, 0.2) is 60.7 Å². The molecule has 4 rings (SSSR count). The van der Waals surface area contributed by atoms with Crippen LogP contribution >= 0.6 is 0 Å². The molecule has 0 radical (unpaired) electrons. The molecule has 2 N–H and O–H groups in total. The Bertz CT molecular complexity index is 1240. The zero-order valence-electron chi connectivity index (χ0n) is 16.4. The largest absolute Gasteiger partial charge is 0.353 e. The molecule has 1 aliphatic heterocycles. The number of nitrogens with zero attached hydrogens (tertiary/aromatic N) is 1. The fourth-order valence-corrected chi connectivity index (χ4v) is 3.90. The van der Waals surface area contributed by atoms with E-state index in [1.165, 1.54) is 17.6 Å². The van der Waals surface area contributed by atoms with Crippen LogP contribution < -0.4 is 14.9 Å². The van der Waals surface area contributed by atoms with Gasteiger partial charge in [-0.25, -0.2) is 8.42 Å². The summed E-state index contributed by atoms with van der Waals surface area (Å²) >= 11 is 0. The lowest BCUT2D eigenvalue weighted by atomic mass is 9.98. The number of carbonyl (C=O) groups is 1. The molecule has 0 spiro atoms. The number of anilines is 4. The van der Waals surface area contributed by atoms with E-state index in [2.05, 4.69) is 10.6 Å². The minimum atomic E-state index is -3.42. The van der Waals surface area contributed by atoms with E-state index in [1.807, 2.05) is 55.5 Å². The normalized spacial score (nSPS) is 12.9. The van der Waals surface area contributed by atoms with Crippen LogP contribution in [-0.4, -0.2) is 27.6 Å². The molecule has 148 valence electrons. The molecular formula is C22H21N3O3S. The standard InChI is InChI=1S/C22H21N3O3S/c1-14-8-11-21(25(2)29(3,27)28)17(12-14)15-9-10-16-20(13-15)23-18-6-4-5-7-19(18)24-22(16)26/h4-13,23H,1-3H3,(H,24,26). The van der Waals surface area contributed by atoms with E-state index >= 15 is 0 Å². The van der Waals surface area contributed by atoms with E-state index in [1.54, 1.807) is 12.1 Å². The van der Waals surface area contributed by atoms with Crippen molar-refractivity contribution in [1.82, 2.24) is 0 Å². The van der Waals surface area contributed by atoms with Crippen molar-refractivity contribution in [3.05, 3.63) is 71.8 Å². The number of nitrogens with one attached hydrogen (secondary N) is 2. The van der Waals surface area contributed by atoms with Gasteiger partial charge in [0.1, 0.15) is 0 Å². The molecule has 1 aliphatic rings. The zero-order chi connectivity index (χ0) is 20.8. The number of amides is 1. The van der Waals surface area contributed by atoms with Crippen LogP contribution in [0.2, 0.25) is 0 Å². The third kappa shape index (κ3) is 3.56. The van der Waals surface area contributed by atoms with Gasteiger partial charge in [-0.2, -0.15) is 0 Å². The molecule has 3 aromatic rings. The third-order valence-corrected chi connectivity index (χ3v) is 6.20. The Labute approximate surface area is 170 Å². The molecule has 0 fully saturated rings. The lowest BCUT2D eigenvalue weighted by molar-refractivity contribution is 0.102. The highest BCUT2D eigenvalue weighted by atomic mass is 32.2. The minimum Gasteiger partial charge on any atom is -0.353 e. The Morgan fingerprint density at radius 2 is 1.52 bits per heavy atom. The molecule has 7 heteroatoms. The highest BCUT2D eigenvalue weighted by Gasteiger charge is 2.21. The fraction of sp³-hybridized carbons (Fsp3) is 0.136. The summed E-state index contributed by atoms with van der Waals surface area (Å²) in [6.45, 7) is 1.96. The van der Waals surface area contributed by atoms with E-state index < -0.39 is 10.0 Å². The summed E-state index contributed by atoms with van der Waals surface area (Å²) < 4.78 is 25.5. The molecule has 3 aromatic carbocycles. The van der Waals surface area contributed by atoms with Crippen molar-refractivity contribution >= 4 is 38.7 Å². The summed E-state index contributed by atoms with van der Waals surface area (Å²) in [5, 5.41) is 6.23. The van der Waals surface area contributed by atoms with Gasteiger partial charge in [0.25, 0.3) is 5.91 Å². The molecule has 29 heavy (non-hydrogen) atoms. The molecule has 0 saturated heterocycles. The molecule has 1 amide bonds. The first-order valence-electron chi connectivity index (χ1n) is 9.10. The van der Waals surface area contributed by atoms with Crippen LogP contribution in [0.5, 0.6) is 0 Å². The lowest BCUT2D eigenvalue weighted by Crippen LogP contribution is -2.25. The Hall–Kier alpha value is -3.32. The first-order chi connectivity index (χ1) is 13.7. The smallest absolute Gasteiger partial charge is 0.257 e. The van der Waals surface area contributed by atoms with Crippen molar-refractivity contribution in [3.8, 4) is 11.1 Å². The van der Waals surface area contributed by atoms with Gasteiger partial charge in [-0.3, -0.25) is 9.10 Å². The van der Waals surface area contributed by atoms with Gasteiger partial charge in [0, 0.05) is 12.6 Å². The van der Waals surface area contributed by atoms with E-state index in [4.69, 9.17) is 0 Å². The maximum absolute atomic E-state index is 12.6. The van der Waals surface area contributed by atoms with Gasteiger partial charge in [0.2, 0.25) is 10.0 Å². The highest BCUT2D eigenvalue weighted by Crippen LogP contribution is 2.37. The van der Waals surface area contributed by atoms with Crippen LogP contribution in [0.1, 0.15) is 15.9 Å². The number of sulfonamides is 1. The SMILES string of the molecule is Cc1ccc(N(C)S(C)(=O)=O)c(-c2ccc3c(c2)Nc2ccccc2NC3=O)c1. The van der Waals surface area contributed by atoms with Crippen molar-refractivity contribution in [3.63, 3.8) is 0 Å². The topological polar surface area (TPSA) is 78.5 Å². The monoisotopic (exact) mass is 407 g/mol. The summed E-state index contributed by atoms with van der Waals surface area (Å²) in [5.74, 6) is -0.193. The van der Waals surface area contributed by atoms with Crippen molar-refractivity contribution < 1.29 is 13.2 Å². The Kier molecular flexibility index (Phi) is 4.55. The fourth-order valence-electron chi connectivity index (χ4n) is 3.38.